The van der Waals surface area contributed by atoms with Crippen LogP contribution in [0, 0.1) is 11.6 Å². The van der Waals surface area contributed by atoms with Crippen LogP contribution >= 0.6 is 0 Å². The molecule has 0 heterocycles. The molecule has 84 valence electrons. The third kappa shape index (κ3) is 3.27. The van der Waals surface area contributed by atoms with Crippen molar-refractivity contribution in [3.05, 3.63) is 35.4 Å². The van der Waals surface area contributed by atoms with Crippen molar-refractivity contribution >= 4 is 0 Å². The average Bonchev–Trinajstić information content (AvgIpc) is 2.12. The Morgan fingerprint density at radius 1 is 1.33 bits per heavy atom. The fraction of sp³-hybridized carbons (Fsp3) is 0.500. The van der Waals surface area contributed by atoms with Crippen molar-refractivity contribution in [2.75, 3.05) is 0 Å². The molecule has 0 saturated heterocycles. The quantitative estimate of drug-likeness (QED) is 0.817. The lowest BCUT2D eigenvalue weighted by Gasteiger charge is -2.24. The first-order valence-electron chi connectivity index (χ1n) is 5.18. The zero-order valence-electron chi connectivity index (χ0n) is 9.19. The minimum atomic E-state index is -0.806. The monoisotopic (exact) mass is 213 g/mol. The zero-order valence-corrected chi connectivity index (χ0v) is 9.19. The summed E-state index contributed by atoms with van der Waals surface area (Å²) in [6.45, 7) is 3.88. The number of nitrogens with two attached hydrogens (primary N) is 1. The summed E-state index contributed by atoms with van der Waals surface area (Å²) in [5.74, 6) is -1.58. The van der Waals surface area contributed by atoms with Crippen molar-refractivity contribution in [2.24, 2.45) is 5.73 Å². The molecule has 2 N–H and O–H groups in total. The van der Waals surface area contributed by atoms with Crippen LogP contribution in [0.1, 0.15) is 32.3 Å². The molecule has 0 aromatic heterocycles. The van der Waals surface area contributed by atoms with E-state index in [2.05, 4.69) is 0 Å². The van der Waals surface area contributed by atoms with Gasteiger partial charge in [0.25, 0.3) is 0 Å². The highest BCUT2D eigenvalue weighted by Crippen LogP contribution is 2.19. The van der Waals surface area contributed by atoms with Crippen molar-refractivity contribution in [1.29, 1.82) is 0 Å². The second-order valence-corrected chi connectivity index (χ2v) is 4.29. The number of benzene rings is 1. The van der Waals surface area contributed by atoms with E-state index in [0.29, 0.717) is 12.0 Å². The molecule has 0 aliphatic rings. The summed E-state index contributed by atoms with van der Waals surface area (Å²) >= 11 is 0. The zero-order chi connectivity index (χ0) is 11.5. The Kier molecular flexibility index (Phi) is 3.80. The minimum Gasteiger partial charge on any atom is -0.325 e. The van der Waals surface area contributed by atoms with E-state index in [9.17, 15) is 8.78 Å². The van der Waals surface area contributed by atoms with Gasteiger partial charge in [-0.15, -0.1) is 0 Å². The number of hydrogen-bond acceptors (Lipinski definition) is 1. The molecule has 0 aliphatic heterocycles. The molecule has 1 nitrogen and oxygen atoms in total. The van der Waals surface area contributed by atoms with E-state index in [0.717, 1.165) is 18.9 Å². The fourth-order valence-electron chi connectivity index (χ4n) is 1.78. The predicted molar refractivity (Wildman–Crippen MR) is 57.6 cm³/mol. The molecule has 0 saturated carbocycles. The van der Waals surface area contributed by atoms with Gasteiger partial charge in [-0.05, 0) is 31.4 Å². The number of hydrogen-bond donors (Lipinski definition) is 1. The highest BCUT2D eigenvalue weighted by atomic mass is 19.2. The van der Waals surface area contributed by atoms with Crippen LogP contribution < -0.4 is 5.73 Å². The molecular weight excluding hydrogens is 196 g/mol. The van der Waals surface area contributed by atoms with Crippen LogP contribution in [0.2, 0.25) is 0 Å². The molecule has 0 bridgehead atoms. The third-order valence-electron chi connectivity index (χ3n) is 2.45. The summed E-state index contributed by atoms with van der Waals surface area (Å²) in [5, 5.41) is 0. The van der Waals surface area contributed by atoms with Gasteiger partial charge in [-0.2, -0.15) is 0 Å². The predicted octanol–water partition coefficient (Wildman–Crippen LogP) is 3.02. The second kappa shape index (κ2) is 4.71. The van der Waals surface area contributed by atoms with E-state index in [1.807, 2.05) is 13.8 Å². The van der Waals surface area contributed by atoms with Crippen LogP contribution in [0.5, 0.6) is 0 Å². The molecule has 1 atom stereocenters. The molecule has 1 aromatic carbocycles. The van der Waals surface area contributed by atoms with Gasteiger partial charge in [0.05, 0.1) is 0 Å². The molecule has 15 heavy (non-hydrogen) atoms. The molecule has 0 spiro atoms. The SMILES string of the molecule is CCCC(C)(N)Cc1cccc(F)c1F. The van der Waals surface area contributed by atoms with Gasteiger partial charge in [-0.25, -0.2) is 8.78 Å². The topological polar surface area (TPSA) is 26.0 Å². The molecular formula is C12H17F2N. The Morgan fingerprint density at radius 3 is 2.60 bits per heavy atom. The molecule has 0 aliphatic carbocycles. The maximum atomic E-state index is 13.3. The van der Waals surface area contributed by atoms with Crippen LogP contribution in [-0.2, 0) is 6.42 Å². The van der Waals surface area contributed by atoms with E-state index < -0.39 is 17.2 Å². The average molecular weight is 213 g/mol. The fourth-order valence-corrected chi connectivity index (χ4v) is 1.78. The van der Waals surface area contributed by atoms with Crippen LogP contribution in [-0.4, -0.2) is 5.54 Å². The van der Waals surface area contributed by atoms with Crippen molar-refractivity contribution in [3.63, 3.8) is 0 Å². The Labute approximate surface area is 89.3 Å². The van der Waals surface area contributed by atoms with Gasteiger partial charge >= 0.3 is 0 Å². The van der Waals surface area contributed by atoms with E-state index in [4.69, 9.17) is 5.73 Å². The first-order chi connectivity index (χ1) is 6.96. The van der Waals surface area contributed by atoms with Gasteiger partial charge in [0, 0.05) is 5.54 Å². The van der Waals surface area contributed by atoms with Crippen molar-refractivity contribution in [3.8, 4) is 0 Å². The lowest BCUT2D eigenvalue weighted by Crippen LogP contribution is -2.38. The van der Waals surface area contributed by atoms with E-state index in [1.54, 1.807) is 6.07 Å². The van der Waals surface area contributed by atoms with Gasteiger partial charge in [0.2, 0.25) is 0 Å². The maximum Gasteiger partial charge on any atom is 0.162 e. The van der Waals surface area contributed by atoms with Gasteiger partial charge < -0.3 is 5.73 Å². The Morgan fingerprint density at radius 2 is 2.00 bits per heavy atom. The number of rotatable bonds is 4. The van der Waals surface area contributed by atoms with Gasteiger partial charge in [-0.3, -0.25) is 0 Å². The third-order valence-corrected chi connectivity index (χ3v) is 2.45. The first kappa shape index (κ1) is 12.1. The number of halogens is 2. The lowest BCUT2D eigenvalue weighted by molar-refractivity contribution is 0.410. The Bertz CT molecular complexity index is 334. The summed E-state index contributed by atoms with van der Waals surface area (Å²) in [6, 6.07) is 4.21. The molecule has 3 heteroatoms. The summed E-state index contributed by atoms with van der Waals surface area (Å²) in [6.07, 6.45) is 2.09. The Hall–Kier alpha value is -0.960. The minimum absolute atomic E-state index is 0.355. The standard InChI is InChI=1S/C12H17F2N/c1-3-7-12(2,15)8-9-5-4-6-10(13)11(9)14/h4-6H,3,7-8,15H2,1-2H3. The van der Waals surface area contributed by atoms with Gasteiger partial charge in [0.15, 0.2) is 11.6 Å². The first-order valence-corrected chi connectivity index (χ1v) is 5.18. The van der Waals surface area contributed by atoms with Gasteiger partial charge in [-0.1, -0.05) is 25.5 Å². The summed E-state index contributed by atoms with van der Waals surface area (Å²) in [5.41, 5.74) is 5.88. The highest BCUT2D eigenvalue weighted by molar-refractivity contribution is 5.21. The van der Waals surface area contributed by atoms with Crippen LogP contribution in [0.4, 0.5) is 8.78 Å². The lowest BCUT2D eigenvalue weighted by atomic mass is 9.89. The summed E-state index contributed by atoms with van der Waals surface area (Å²) < 4.78 is 26.3. The van der Waals surface area contributed by atoms with Crippen molar-refractivity contribution in [1.82, 2.24) is 0 Å². The van der Waals surface area contributed by atoms with Crippen molar-refractivity contribution in [2.45, 2.75) is 38.6 Å². The van der Waals surface area contributed by atoms with Crippen LogP contribution in [0.3, 0.4) is 0 Å². The van der Waals surface area contributed by atoms with Crippen molar-refractivity contribution < 1.29 is 8.78 Å². The molecule has 1 rings (SSSR count). The Balaban J connectivity index is 2.85. The molecule has 0 amide bonds. The maximum absolute atomic E-state index is 13.3. The van der Waals surface area contributed by atoms with E-state index in [-0.39, 0.29) is 0 Å². The molecule has 1 unspecified atom stereocenters. The normalized spacial score (nSPS) is 15.0. The highest BCUT2D eigenvalue weighted by Gasteiger charge is 2.20. The smallest absolute Gasteiger partial charge is 0.162 e. The van der Waals surface area contributed by atoms with E-state index >= 15 is 0 Å². The molecule has 0 radical (unpaired) electrons. The van der Waals surface area contributed by atoms with Gasteiger partial charge in [0.1, 0.15) is 0 Å². The van der Waals surface area contributed by atoms with Crippen LogP contribution in [0.25, 0.3) is 0 Å². The molecule has 1 aromatic rings. The second-order valence-electron chi connectivity index (χ2n) is 4.29. The summed E-state index contributed by atoms with van der Waals surface area (Å²) in [7, 11) is 0. The molecule has 0 fully saturated rings. The van der Waals surface area contributed by atoms with Crippen LogP contribution in [0.15, 0.2) is 18.2 Å². The largest absolute Gasteiger partial charge is 0.325 e. The van der Waals surface area contributed by atoms with E-state index in [1.165, 1.54) is 6.07 Å². The summed E-state index contributed by atoms with van der Waals surface area (Å²) in [4.78, 5) is 0.